The first-order valence-electron chi connectivity index (χ1n) is 10.5. The highest BCUT2D eigenvalue weighted by Gasteiger charge is 2.25. The van der Waals surface area contributed by atoms with Crippen LogP contribution < -0.4 is 15.2 Å². The highest BCUT2D eigenvalue weighted by Crippen LogP contribution is 2.33. The van der Waals surface area contributed by atoms with Crippen LogP contribution >= 0.6 is 11.6 Å². The number of anilines is 2. The number of carboxylic acid groups (broad SMARTS) is 1. The van der Waals surface area contributed by atoms with Crippen molar-refractivity contribution in [2.75, 3.05) is 36.0 Å². The van der Waals surface area contributed by atoms with Gasteiger partial charge in [0.15, 0.2) is 0 Å². The van der Waals surface area contributed by atoms with E-state index in [1.807, 2.05) is 9.80 Å². The third-order valence-corrected chi connectivity index (χ3v) is 6.50. The number of carboxylic acids is 1. The van der Waals surface area contributed by atoms with Gasteiger partial charge in [0, 0.05) is 50.5 Å². The number of aromatic carboxylic acids is 1. The van der Waals surface area contributed by atoms with Crippen LogP contribution in [0.5, 0.6) is 0 Å². The molecule has 1 N–H and O–H groups in total. The third kappa shape index (κ3) is 3.52. The van der Waals surface area contributed by atoms with Gasteiger partial charge in [-0.25, -0.2) is 13.6 Å². The molecule has 1 saturated heterocycles. The smallest absolute Gasteiger partial charge is 0.341 e. The fraction of sp³-hybridized carbons (Fsp3) is 0.208. The van der Waals surface area contributed by atoms with E-state index in [-0.39, 0.29) is 21.7 Å². The van der Waals surface area contributed by atoms with Gasteiger partial charge in [0.2, 0.25) is 5.43 Å². The summed E-state index contributed by atoms with van der Waals surface area (Å²) in [7, 11) is 1.63. The molecule has 1 fully saturated rings. The second-order valence-corrected chi connectivity index (χ2v) is 8.58. The van der Waals surface area contributed by atoms with Crippen LogP contribution in [-0.4, -0.2) is 46.8 Å². The summed E-state index contributed by atoms with van der Waals surface area (Å²) >= 11 is 5.91. The second kappa shape index (κ2) is 8.25. The van der Waals surface area contributed by atoms with Crippen LogP contribution in [0.1, 0.15) is 10.4 Å². The van der Waals surface area contributed by atoms with E-state index in [1.54, 1.807) is 19.2 Å². The number of aryl methyl sites for hydroxylation is 1. The van der Waals surface area contributed by atoms with E-state index < -0.39 is 23.0 Å². The minimum Gasteiger partial charge on any atom is -0.477 e. The summed E-state index contributed by atoms with van der Waals surface area (Å²) in [5.74, 6) is -2.30. The Morgan fingerprint density at radius 1 is 1.06 bits per heavy atom. The largest absolute Gasteiger partial charge is 0.477 e. The summed E-state index contributed by atoms with van der Waals surface area (Å²) in [6, 6.07) is 7.27. The van der Waals surface area contributed by atoms with Gasteiger partial charge >= 0.3 is 5.97 Å². The quantitative estimate of drug-likeness (QED) is 0.442. The van der Waals surface area contributed by atoms with Crippen molar-refractivity contribution in [2.24, 2.45) is 7.05 Å². The molecular weight excluding hydrogens is 466 g/mol. The number of fused-ring (bicyclic) bond motifs is 3. The topological polar surface area (TPSA) is 78.7 Å². The van der Waals surface area contributed by atoms with Crippen LogP contribution in [0.2, 0.25) is 5.02 Å². The van der Waals surface area contributed by atoms with Gasteiger partial charge < -0.3 is 19.5 Å². The molecule has 0 radical (unpaired) electrons. The van der Waals surface area contributed by atoms with Crippen molar-refractivity contribution in [3.05, 3.63) is 75.2 Å². The Balaban J connectivity index is 1.57. The predicted octanol–water partition coefficient (Wildman–Crippen LogP) is 4.04. The summed E-state index contributed by atoms with van der Waals surface area (Å²) in [5, 5.41) is 10.1. The molecule has 2 aromatic carbocycles. The van der Waals surface area contributed by atoms with Gasteiger partial charge in [-0.2, -0.15) is 0 Å². The van der Waals surface area contributed by atoms with Crippen molar-refractivity contribution in [3.8, 4) is 0 Å². The number of piperazine rings is 1. The predicted molar refractivity (Wildman–Crippen MR) is 127 cm³/mol. The lowest BCUT2D eigenvalue weighted by atomic mass is 10.0. The number of hydrogen-bond acceptors (Lipinski definition) is 5. The number of hydrogen-bond donors (Lipinski definition) is 1. The molecule has 2 aromatic heterocycles. The minimum atomic E-state index is -1.33. The van der Waals surface area contributed by atoms with Crippen LogP contribution in [0.25, 0.3) is 21.8 Å². The molecular formula is C24H19ClF2N4O3. The maximum absolute atomic E-state index is 15.1. The number of benzene rings is 2. The Labute approximate surface area is 197 Å². The molecule has 0 spiro atoms. The first-order valence-corrected chi connectivity index (χ1v) is 10.9. The van der Waals surface area contributed by atoms with Crippen molar-refractivity contribution >= 4 is 50.8 Å². The van der Waals surface area contributed by atoms with Gasteiger partial charge in [-0.15, -0.1) is 0 Å². The van der Waals surface area contributed by atoms with Crippen LogP contribution in [0, 0.1) is 11.6 Å². The summed E-state index contributed by atoms with van der Waals surface area (Å²) in [5.41, 5.74) is 0.796. The second-order valence-electron chi connectivity index (χ2n) is 8.17. The standard InChI is InChI=1S/C24H19ClF2N4O3/c1-29-12-15(24(33)34)23(32)20-14-3-5-18(27)22(21(14)28-11-19(20)29)31-8-6-30(7-9-31)13-2-4-17(26)16(25)10-13/h2-5,10-12H,6-9H2,1H3,(H,33,34). The third-order valence-electron chi connectivity index (χ3n) is 6.21. The number of carbonyl (C=O) groups is 1. The number of aromatic nitrogens is 2. The zero-order valence-electron chi connectivity index (χ0n) is 18.1. The van der Waals surface area contributed by atoms with Gasteiger partial charge in [-0.3, -0.25) is 9.78 Å². The van der Waals surface area contributed by atoms with Crippen molar-refractivity contribution < 1.29 is 18.7 Å². The van der Waals surface area contributed by atoms with Gasteiger partial charge in [0.25, 0.3) is 0 Å². The lowest BCUT2D eigenvalue weighted by molar-refractivity contribution is 0.0695. The Bertz CT molecular complexity index is 1530. The zero-order chi connectivity index (χ0) is 24.1. The molecule has 0 atom stereocenters. The molecule has 0 amide bonds. The van der Waals surface area contributed by atoms with Gasteiger partial charge in [-0.05, 0) is 30.3 Å². The van der Waals surface area contributed by atoms with E-state index in [0.717, 1.165) is 5.69 Å². The van der Waals surface area contributed by atoms with Crippen LogP contribution in [0.4, 0.5) is 20.2 Å². The van der Waals surface area contributed by atoms with Crippen molar-refractivity contribution in [2.45, 2.75) is 0 Å². The Kier molecular flexibility index (Phi) is 5.36. The van der Waals surface area contributed by atoms with E-state index in [4.69, 9.17) is 11.6 Å². The highest BCUT2D eigenvalue weighted by atomic mass is 35.5. The first-order chi connectivity index (χ1) is 16.3. The molecule has 34 heavy (non-hydrogen) atoms. The molecule has 1 aliphatic heterocycles. The summed E-state index contributed by atoms with van der Waals surface area (Å²) in [6.07, 6.45) is 2.72. The Morgan fingerprint density at radius 3 is 2.41 bits per heavy atom. The van der Waals surface area contributed by atoms with Crippen LogP contribution in [-0.2, 0) is 7.05 Å². The molecule has 0 saturated carbocycles. The van der Waals surface area contributed by atoms with Gasteiger partial charge in [-0.1, -0.05) is 11.6 Å². The Morgan fingerprint density at radius 2 is 1.74 bits per heavy atom. The molecule has 3 heterocycles. The average molecular weight is 485 g/mol. The molecule has 0 unspecified atom stereocenters. The van der Waals surface area contributed by atoms with Gasteiger partial charge in [0.05, 0.1) is 33.3 Å². The highest BCUT2D eigenvalue weighted by molar-refractivity contribution is 6.31. The van der Waals surface area contributed by atoms with E-state index >= 15 is 4.39 Å². The SMILES string of the molecule is Cn1cc(C(=O)O)c(=O)c2c3ccc(F)c(N4CCN(c5ccc(F)c(Cl)c5)CC4)c3ncc21. The van der Waals surface area contributed by atoms with E-state index in [9.17, 15) is 19.1 Å². The maximum atomic E-state index is 15.1. The molecule has 0 bridgehead atoms. The summed E-state index contributed by atoms with van der Waals surface area (Å²) in [4.78, 5) is 32.9. The summed E-state index contributed by atoms with van der Waals surface area (Å²) in [6.45, 7) is 1.99. The zero-order valence-corrected chi connectivity index (χ0v) is 18.8. The van der Waals surface area contributed by atoms with Crippen molar-refractivity contribution in [3.63, 3.8) is 0 Å². The van der Waals surface area contributed by atoms with E-state index in [2.05, 4.69) is 4.98 Å². The summed E-state index contributed by atoms with van der Waals surface area (Å²) < 4.78 is 30.1. The number of nitrogens with zero attached hydrogens (tertiary/aromatic N) is 4. The van der Waals surface area contributed by atoms with E-state index in [0.29, 0.717) is 42.6 Å². The first kappa shape index (κ1) is 22.1. The molecule has 4 aromatic rings. The molecule has 1 aliphatic rings. The Hall–Kier alpha value is -3.72. The maximum Gasteiger partial charge on any atom is 0.341 e. The van der Waals surface area contributed by atoms with Gasteiger partial charge in [0.1, 0.15) is 17.2 Å². The van der Waals surface area contributed by atoms with Crippen LogP contribution in [0.15, 0.2) is 47.5 Å². The van der Waals surface area contributed by atoms with Crippen molar-refractivity contribution in [1.82, 2.24) is 9.55 Å². The molecule has 174 valence electrons. The minimum absolute atomic E-state index is 0.0402. The fourth-order valence-corrected chi connectivity index (χ4v) is 4.68. The molecule has 0 aliphatic carbocycles. The normalized spacial score (nSPS) is 14.2. The van der Waals surface area contributed by atoms with E-state index in [1.165, 1.54) is 35.2 Å². The van der Waals surface area contributed by atoms with Crippen LogP contribution in [0.3, 0.4) is 0 Å². The molecule has 5 rings (SSSR count). The van der Waals surface area contributed by atoms with Crippen molar-refractivity contribution in [1.29, 1.82) is 0 Å². The number of pyridine rings is 2. The number of rotatable bonds is 3. The fourth-order valence-electron chi connectivity index (χ4n) is 4.50. The molecule has 7 nitrogen and oxygen atoms in total. The lowest BCUT2D eigenvalue weighted by Gasteiger charge is -2.37. The average Bonchev–Trinajstić information content (AvgIpc) is 2.82. The monoisotopic (exact) mass is 484 g/mol. The molecule has 10 heteroatoms. The lowest BCUT2D eigenvalue weighted by Crippen LogP contribution is -2.47. The number of halogens is 3.